The molecule has 1 N–H and O–H groups in total. The number of sulfonamides is 1. The van der Waals surface area contributed by atoms with Crippen molar-refractivity contribution in [3.8, 4) is 17.2 Å². The van der Waals surface area contributed by atoms with Crippen LogP contribution in [-0.2, 0) is 26.2 Å². The first-order valence-corrected chi connectivity index (χ1v) is 13.5. The fourth-order valence-electron chi connectivity index (χ4n) is 3.88. The molecule has 1 unspecified atom stereocenters. The van der Waals surface area contributed by atoms with Gasteiger partial charge in [0, 0.05) is 18.7 Å². The van der Waals surface area contributed by atoms with Gasteiger partial charge in [-0.05, 0) is 50.1 Å². The van der Waals surface area contributed by atoms with Crippen molar-refractivity contribution >= 4 is 27.5 Å². The Balaban J connectivity index is 1.94. The van der Waals surface area contributed by atoms with E-state index in [2.05, 4.69) is 5.32 Å². The number of amides is 2. The molecule has 1 heterocycles. The quantitative estimate of drug-likeness (QED) is 0.485. The minimum Gasteiger partial charge on any atom is -0.497 e. The van der Waals surface area contributed by atoms with Crippen LogP contribution in [0.2, 0.25) is 0 Å². The van der Waals surface area contributed by atoms with Crippen molar-refractivity contribution in [3.05, 3.63) is 48.0 Å². The summed E-state index contributed by atoms with van der Waals surface area (Å²) in [6, 6.07) is 10.9. The van der Waals surface area contributed by atoms with E-state index in [1.807, 2.05) is 20.8 Å². The van der Waals surface area contributed by atoms with Gasteiger partial charge in [-0.15, -0.1) is 0 Å². The number of anilines is 1. The molecule has 36 heavy (non-hydrogen) atoms. The molecule has 0 saturated carbocycles. The van der Waals surface area contributed by atoms with Crippen LogP contribution in [0.1, 0.15) is 32.8 Å². The van der Waals surface area contributed by atoms with E-state index in [-0.39, 0.29) is 31.0 Å². The van der Waals surface area contributed by atoms with Crippen LogP contribution in [0, 0.1) is 0 Å². The smallest absolute Gasteiger partial charge is 0.244 e. The maximum absolute atomic E-state index is 13.7. The number of nitrogens with one attached hydrogen (secondary N) is 1. The van der Waals surface area contributed by atoms with Gasteiger partial charge in [-0.25, -0.2) is 8.42 Å². The average molecular weight is 520 g/mol. The lowest BCUT2D eigenvalue weighted by atomic mass is 10.1. The highest BCUT2D eigenvalue weighted by Gasteiger charge is 2.32. The molecular formula is C25H33N3O7S. The molecule has 0 fully saturated rings. The van der Waals surface area contributed by atoms with Gasteiger partial charge in [0.15, 0.2) is 11.5 Å². The second-order valence-corrected chi connectivity index (χ2v) is 10.7. The van der Waals surface area contributed by atoms with Gasteiger partial charge in [0.1, 0.15) is 18.3 Å². The molecule has 3 rings (SSSR count). The van der Waals surface area contributed by atoms with Gasteiger partial charge in [0.2, 0.25) is 28.6 Å². The molecule has 2 aromatic carbocycles. The first kappa shape index (κ1) is 27.1. The average Bonchev–Trinajstić information content (AvgIpc) is 3.29. The van der Waals surface area contributed by atoms with E-state index in [1.54, 1.807) is 43.5 Å². The van der Waals surface area contributed by atoms with Gasteiger partial charge in [0.05, 0.1) is 19.1 Å². The van der Waals surface area contributed by atoms with Gasteiger partial charge in [-0.3, -0.25) is 13.9 Å². The fraction of sp³-hybridized carbons (Fsp3) is 0.440. The molecule has 0 aliphatic carbocycles. The summed E-state index contributed by atoms with van der Waals surface area (Å²) >= 11 is 0. The van der Waals surface area contributed by atoms with Crippen molar-refractivity contribution in [2.75, 3.05) is 31.0 Å². The summed E-state index contributed by atoms with van der Waals surface area (Å²) in [5, 5.41) is 2.86. The van der Waals surface area contributed by atoms with Crippen molar-refractivity contribution in [1.82, 2.24) is 10.2 Å². The summed E-state index contributed by atoms with van der Waals surface area (Å²) in [5.74, 6) is 0.734. The number of ether oxygens (including phenoxy) is 3. The number of hydrogen-bond donors (Lipinski definition) is 1. The molecule has 0 bridgehead atoms. The normalized spacial score (nSPS) is 13.3. The van der Waals surface area contributed by atoms with Crippen molar-refractivity contribution in [1.29, 1.82) is 0 Å². The Kier molecular flexibility index (Phi) is 8.67. The van der Waals surface area contributed by atoms with Gasteiger partial charge >= 0.3 is 0 Å². The maximum Gasteiger partial charge on any atom is 0.244 e. The van der Waals surface area contributed by atoms with Crippen LogP contribution in [0.25, 0.3) is 0 Å². The minimum atomic E-state index is -3.85. The zero-order chi connectivity index (χ0) is 26.5. The monoisotopic (exact) mass is 519 g/mol. The molecular weight excluding hydrogens is 486 g/mol. The molecule has 11 heteroatoms. The number of nitrogens with zero attached hydrogens (tertiary/aromatic N) is 2. The third kappa shape index (κ3) is 6.60. The van der Waals surface area contributed by atoms with E-state index < -0.39 is 28.5 Å². The van der Waals surface area contributed by atoms with Gasteiger partial charge in [-0.2, -0.15) is 0 Å². The molecule has 196 valence electrons. The highest BCUT2D eigenvalue weighted by Crippen LogP contribution is 2.36. The van der Waals surface area contributed by atoms with Crippen molar-refractivity contribution in [2.45, 2.75) is 45.8 Å². The lowest BCUT2D eigenvalue weighted by molar-refractivity contribution is -0.140. The van der Waals surface area contributed by atoms with Crippen LogP contribution in [0.5, 0.6) is 17.2 Å². The van der Waals surface area contributed by atoms with Gasteiger partial charge < -0.3 is 24.4 Å². The zero-order valence-corrected chi connectivity index (χ0v) is 22.0. The number of methoxy groups -OCH3 is 1. The summed E-state index contributed by atoms with van der Waals surface area (Å²) in [4.78, 5) is 28.1. The van der Waals surface area contributed by atoms with Crippen LogP contribution in [0.3, 0.4) is 0 Å². The lowest BCUT2D eigenvalue weighted by Crippen LogP contribution is -2.53. The first-order chi connectivity index (χ1) is 17.0. The summed E-state index contributed by atoms with van der Waals surface area (Å²) in [6.07, 6.45) is 1.38. The second kappa shape index (κ2) is 11.5. The summed E-state index contributed by atoms with van der Waals surface area (Å²) in [5.41, 5.74) is 1.04. The summed E-state index contributed by atoms with van der Waals surface area (Å²) in [7, 11) is -2.29. The highest BCUT2D eigenvalue weighted by atomic mass is 32.2. The number of hydrogen-bond acceptors (Lipinski definition) is 7. The number of fused-ring (bicyclic) bond motifs is 1. The van der Waals surface area contributed by atoms with Crippen LogP contribution in [-0.4, -0.2) is 63.9 Å². The number of benzene rings is 2. The van der Waals surface area contributed by atoms with E-state index in [0.29, 0.717) is 23.7 Å². The van der Waals surface area contributed by atoms with Crippen molar-refractivity contribution in [2.24, 2.45) is 0 Å². The molecule has 0 spiro atoms. The molecule has 0 radical (unpaired) electrons. The van der Waals surface area contributed by atoms with E-state index in [9.17, 15) is 18.0 Å². The number of carbonyl (C=O) groups is 2. The first-order valence-electron chi connectivity index (χ1n) is 11.6. The Morgan fingerprint density at radius 1 is 1.08 bits per heavy atom. The Morgan fingerprint density at radius 3 is 2.33 bits per heavy atom. The Hall–Kier alpha value is -3.47. The zero-order valence-electron chi connectivity index (χ0n) is 21.2. The van der Waals surface area contributed by atoms with Crippen LogP contribution in [0.15, 0.2) is 42.5 Å². The third-order valence-electron chi connectivity index (χ3n) is 5.65. The minimum absolute atomic E-state index is 0.0371. The Labute approximate surface area is 212 Å². The van der Waals surface area contributed by atoms with E-state index in [0.717, 1.165) is 16.1 Å². The van der Waals surface area contributed by atoms with Gasteiger partial charge in [0.25, 0.3) is 0 Å². The SMILES string of the molecule is CCC(C(=O)NC(C)C)N(Cc1ccc(OC)cc1)C(=O)CN(c1ccc2c(c1)OCO2)S(C)(=O)=O. The predicted molar refractivity (Wildman–Crippen MR) is 136 cm³/mol. The topological polar surface area (TPSA) is 114 Å². The molecule has 2 amide bonds. The standard InChI is InChI=1S/C25H33N3O7S/c1-6-21(25(30)26-17(2)3)27(14-18-7-10-20(33-4)11-8-18)24(29)15-28(36(5,31)32)19-9-12-22-23(13-19)35-16-34-22/h7-13,17,21H,6,14-16H2,1-5H3,(H,26,30). The summed E-state index contributed by atoms with van der Waals surface area (Å²) < 4.78 is 42.3. The Bertz CT molecular complexity index is 1180. The molecule has 10 nitrogen and oxygen atoms in total. The van der Waals surface area contributed by atoms with Crippen molar-refractivity contribution in [3.63, 3.8) is 0 Å². The molecule has 1 aliphatic heterocycles. The third-order valence-corrected chi connectivity index (χ3v) is 6.79. The molecule has 2 aromatic rings. The Morgan fingerprint density at radius 2 is 1.75 bits per heavy atom. The van der Waals surface area contributed by atoms with Crippen LogP contribution >= 0.6 is 0 Å². The molecule has 1 aliphatic rings. The fourth-order valence-corrected chi connectivity index (χ4v) is 4.72. The van der Waals surface area contributed by atoms with E-state index >= 15 is 0 Å². The van der Waals surface area contributed by atoms with Crippen LogP contribution < -0.4 is 23.8 Å². The van der Waals surface area contributed by atoms with E-state index in [1.165, 1.54) is 11.0 Å². The van der Waals surface area contributed by atoms with Crippen molar-refractivity contribution < 1.29 is 32.2 Å². The van der Waals surface area contributed by atoms with E-state index in [4.69, 9.17) is 14.2 Å². The maximum atomic E-state index is 13.7. The van der Waals surface area contributed by atoms with Gasteiger partial charge in [-0.1, -0.05) is 19.1 Å². The molecule has 1 atom stereocenters. The van der Waals surface area contributed by atoms with Crippen LogP contribution in [0.4, 0.5) is 5.69 Å². The predicted octanol–water partition coefficient (Wildman–Crippen LogP) is 2.52. The number of carbonyl (C=O) groups excluding carboxylic acids is 2. The lowest BCUT2D eigenvalue weighted by Gasteiger charge is -2.33. The molecule has 0 saturated heterocycles. The number of rotatable bonds is 11. The second-order valence-electron chi connectivity index (χ2n) is 8.76. The summed E-state index contributed by atoms with van der Waals surface area (Å²) in [6.45, 7) is 5.16. The highest BCUT2D eigenvalue weighted by molar-refractivity contribution is 7.92. The molecule has 0 aromatic heterocycles. The largest absolute Gasteiger partial charge is 0.497 e.